The van der Waals surface area contributed by atoms with Crippen molar-refractivity contribution >= 4 is 23.5 Å². The van der Waals surface area contributed by atoms with Crippen LogP contribution in [0, 0.1) is 27.7 Å². The highest BCUT2D eigenvalue weighted by Gasteiger charge is 2.05. The molecule has 0 unspecified atom stereocenters. The summed E-state index contributed by atoms with van der Waals surface area (Å²) in [5.41, 5.74) is 7.96. The molecule has 0 aliphatic carbocycles. The second-order valence-electron chi connectivity index (χ2n) is 5.12. The van der Waals surface area contributed by atoms with Gasteiger partial charge in [0.25, 0.3) is 0 Å². The second kappa shape index (κ2) is 6.63. The Morgan fingerprint density at radius 3 is 2.62 bits per heavy atom. The van der Waals surface area contributed by atoms with Gasteiger partial charge in [-0.15, -0.1) is 11.3 Å². The zero-order valence-electron chi connectivity index (χ0n) is 12.7. The van der Waals surface area contributed by atoms with Gasteiger partial charge in [-0.3, -0.25) is 4.79 Å². The lowest BCUT2D eigenvalue weighted by Gasteiger charge is -2.05. The Labute approximate surface area is 128 Å². The van der Waals surface area contributed by atoms with E-state index in [4.69, 9.17) is 0 Å². The van der Waals surface area contributed by atoms with Crippen LogP contribution < -0.4 is 5.43 Å². The minimum atomic E-state index is -0.155. The van der Waals surface area contributed by atoms with Crippen molar-refractivity contribution in [1.82, 2.24) is 10.4 Å². The minimum Gasteiger partial charge on any atom is -0.273 e. The summed E-state index contributed by atoms with van der Waals surface area (Å²) in [6.45, 7) is 8.11. The summed E-state index contributed by atoms with van der Waals surface area (Å²) in [5.74, 6) is -0.155. The van der Waals surface area contributed by atoms with E-state index >= 15 is 0 Å². The maximum absolute atomic E-state index is 11.8. The van der Waals surface area contributed by atoms with E-state index in [0.29, 0.717) is 0 Å². The highest BCUT2D eigenvalue weighted by Crippen LogP contribution is 2.13. The molecule has 5 heteroatoms. The molecule has 0 aliphatic rings. The Morgan fingerprint density at radius 2 is 1.95 bits per heavy atom. The predicted molar refractivity (Wildman–Crippen MR) is 86.9 cm³/mol. The Morgan fingerprint density at radius 1 is 1.24 bits per heavy atom. The van der Waals surface area contributed by atoms with Gasteiger partial charge in [-0.25, -0.2) is 10.4 Å². The van der Waals surface area contributed by atoms with Crippen molar-refractivity contribution in [3.63, 3.8) is 0 Å². The fourth-order valence-corrected chi connectivity index (χ4v) is 2.60. The van der Waals surface area contributed by atoms with E-state index < -0.39 is 0 Å². The molecule has 0 bridgehead atoms. The summed E-state index contributed by atoms with van der Waals surface area (Å²) in [6.07, 6.45) is 1.94. The topological polar surface area (TPSA) is 54.4 Å². The Kier molecular flexibility index (Phi) is 4.85. The maximum Gasteiger partial charge on any atom is 0.246 e. The van der Waals surface area contributed by atoms with Crippen LogP contribution in [0.15, 0.2) is 22.6 Å². The van der Waals surface area contributed by atoms with E-state index in [1.807, 2.05) is 19.2 Å². The van der Waals surface area contributed by atoms with Gasteiger partial charge >= 0.3 is 0 Å². The molecule has 1 heterocycles. The molecule has 1 aromatic heterocycles. The van der Waals surface area contributed by atoms with Crippen molar-refractivity contribution in [1.29, 1.82) is 0 Å². The number of thiazole rings is 1. The zero-order chi connectivity index (χ0) is 15.4. The molecule has 0 radical (unpaired) electrons. The van der Waals surface area contributed by atoms with E-state index in [9.17, 15) is 4.79 Å². The number of hydrogen-bond donors (Lipinski definition) is 1. The van der Waals surface area contributed by atoms with Gasteiger partial charge in [0.15, 0.2) is 0 Å². The summed E-state index contributed by atoms with van der Waals surface area (Å²) in [7, 11) is 0. The Bertz CT molecular complexity index is 689. The predicted octanol–water partition coefficient (Wildman–Crippen LogP) is 3.07. The zero-order valence-corrected chi connectivity index (χ0v) is 13.5. The molecule has 0 atom stereocenters. The van der Waals surface area contributed by atoms with Gasteiger partial charge < -0.3 is 0 Å². The monoisotopic (exact) mass is 301 g/mol. The van der Waals surface area contributed by atoms with E-state index in [-0.39, 0.29) is 12.3 Å². The number of rotatable bonds is 4. The van der Waals surface area contributed by atoms with Crippen molar-refractivity contribution in [3.05, 3.63) is 50.5 Å². The molecule has 0 saturated heterocycles. The van der Waals surface area contributed by atoms with Crippen molar-refractivity contribution in [2.45, 2.75) is 34.1 Å². The average molecular weight is 301 g/mol. The number of aryl methyl sites for hydroxylation is 4. The van der Waals surface area contributed by atoms with Gasteiger partial charge in [-0.05, 0) is 56.0 Å². The molecule has 0 saturated carbocycles. The number of aromatic nitrogens is 1. The van der Waals surface area contributed by atoms with Crippen LogP contribution in [0.1, 0.15) is 33.0 Å². The molecule has 2 rings (SSSR count). The lowest BCUT2D eigenvalue weighted by Crippen LogP contribution is -2.20. The second-order valence-corrected chi connectivity index (χ2v) is 6.18. The first-order valence-corrected chi connectivity index (χ1v) is 7.64. The molecular weight excluding hydrogens is 282 g/mol. The molecule has 0 fully saturated rings. The molecule has 2 aromatic rings. The lowest BCUT2D eigenvalue weighted by atomic mass is 10.0. The summed E-state index contributed by atoms with van der Waals surface area (Å²) in [5, 5.41) is 6.89. The number of hydrazone groups is 1. The van der Waals surface area contributed by atoms with Crippen LogP contribution in [0.3, 0.4) is 0 Å². The third kappa shape index (κ3) is 4.23. The number of nitrogens with zero attached hydrogens (tertiary/aromatic N) is 2. The number of carbonyl (C=O) groups excluding carboxylic acids is 1. The molecule has 1 N–H and O–H groups in total. The van der Waals surface area contributed by atoms with Crippen molar-refractivity contribution in [3.8, 4) is 0 Å². The molecule has 0 spiro atoms. The van der Waals surface area contributed by atoms with Crippen molar-refractivity contribution in [2.75, 3.05) is 0 Å². The van der Waals surface area contributed by atoms with Gasteiger partial charge in [0.05, 0.1) is 23.3 Å². The number of nitrogens with one attached hydrogen (secondary N) is 1. The highest BCUT2D eigenvalue weighted by atomic mass is 32.1. The van der Waals surface area contributed by atoms with Crippen LogP contribution in [0.2, 0.25) is 0 Å². The van der Waals surface area contributed by atoms with E-state index in [2.05, 4.69) is 41.5 Å². The highest BCUT2D eigenvalue weighted by molar-refractivity contribution is 7.09. The molecule has 4 nitrogen and oxygen atoms in total. The lowest BCUT2D eigenvalue weighted by molar-refractivity contribution is -0.120. The molecule has 0 aliphatic heterocycles. The maximum atomic E-state index is 11.8. The fourth-order valence-electron chi connectivity index (χ4n) is 1.99. The first-order chi connectivity index (χ1) is 9.95. The van der Waals surface area contributed by atoms with Gasteiger partial charge in [0, 0.05) is 5.38 Å². The van der Waals surface area contributed by atoms with Crippen LogP contribution in [0.4, 0.5) is 0 Å². The molecule has 21 heavy (non-hydrogen) atoms. The number of carbonyl (C=O) groups is 1. The van der Waals surface area contributed by atoms with Gasteiger partial charge in [0.2, 0.25) is 5.91 Å². The summed E-state index contributed by atoms with van der Waals surface area (Å²) >= 11 is 1.54. The minimum absolute atomic E-state index is 0.155. The van der Waals surface area contributed by atoms with E-state index in [0.717, 1.165) is 21.8 Å². The van der Waals surface area contributed by atoms with Gasteiger partial charge in [0.1, 0.15) is 0 Å². The largest absolute Gasteiger partial charge is 0.273 e. The first kappa shape index (κ1) is 15.4. The van der Waals surface area contributed by atoms with Crippen LogP contribution in [0.25, 0.3) is 0 Å². The van der Waals surface area contributed by atoms with E-state index in [1.165, 1.54) is 11.1 Å². The standard InChI is InChI=1S/C16H19N3OS/c1-10-5-12(3)14(6-11(10)2)8-17-19-16(20)7-15-9-21-13(4)18-15/h5-6,8-9H,7H2,1-4H3,(H,19,20)/b17-8-. The molecular formula is C16H19N3OS. The molecule has 1 amide bonds. The Balaban J connectivity index is 1.96. The SMILES string of the molecule is Cc1nc(CC(=O)N/N=C\c2cc(C)c(C)cc2C)cs1. The van der Waals surface area contributed by atoms with Crippen molar-refractivity contribution in [2.24, 2.45) is 5.10 Å². The quantitative estimate of drug-likeness (QED) is 0.697. The number of hydrogen-bond acceptors (Lipinski definition) is 4. The third-order valence-electron chi connectivity index (χ3n) is 3.28. The fraction of sp³-hybridized carbons (Fsp3) is 0.312. The number of amides is 1. The Hall–Kier alpha value is -2.01. The molecule has 1 aromatic carbocycles. The van der Waals surface area contributed by atoms with Crippen LogP contribution in [-0.4, -0.2) is 17.1 Å². The van der Waals surface area contributed by atoms with E-state index in [1.54, 1.807) is 17.6 Å². The summed E-state index contributed by atoms with van der Waals surface area (Å²) < 4.78 is 0. The van der Waals surface area contributed by atoms with Gasteiger partial charge in [-0.2, -0.15) is 5.10 Å². The van der Waals surface area contributed by atoms with Crippen LogP contribution in [-0.2, 0) is 11.2 Å². The average Bonchev–Trinajstić information content (AvgIpc) is 2.81. The first-order valence-electron chi connectivity index (χ1n) is 6.76. The van der Waals surface area contributed by atoms with Crippen molar-refractivity contribution < 1.29 is 4.79 Å². The number of benzene rings is 1. The van der Waals surface area contributed by atoms with Crippen LogP contribution in [0.5, 0.6) is 0 Å². The summed E-state index contributed by atoms with van der Waals surface area (Å²) in [6, 6.07) is 4.20. The van der Waals surface area contributed by atoms with Gasteiger partial charge in [-0.1, -0.05) is 6.07 Å². The molecule has 110 valence electrons. The smallest absolute Gasteiger partial charge is 0.246 e. The normalized spacial score (nSPS) is 11.0. The third-order valence-corrected chi connectivity index (χ3v) is 4.11. The summed E-state index contributed by atoms with van der Waals surface area (Å²) in [4.78, 5) is 16.0. The van der Waals surface area contributed by atoms with Crippen LogP contribution >= 0.6 is 11.3 Å².